The number of aryl methyl sites for hydroxylation is 1. The van der Waals surface area contributed by atoms with Gasteiger partial charge in [-0.05, 0) is 37.0 Å². The van der Waals surface area contributed by atoms with Crippen molar-refractivity contribution in [1.82, 2.24) is 19.2 Å². The van der Waals surface area contributed by atoms with Gasteiger partial charge in [-0.3, -0.25) is 14.7 Å². The first-order chi connectivity index (χ1) is 17.5. The quantitative estimate of drug-likeness (QED) is 0.403. The molecule has 1 fully saturated rings. The SMILES string of the molecule is Cc1nsc(Cc2cnc(C(F)(F)F)cn2)c1C(=O)Nc1ccc(F)c(O[C@H]2CCN(CC(F)F)C2)c1. The van der Waals surface area contributed by atoms with Crippen LogP contribution in [0.2, 0.25) is 0 Å². The van der Waals surface area contributed by atoms with E-state index < -0.39 is 36.1 Å². The molecule has 0 unspecified atom stereocenters. The van der Waals surface area contributed by atoms with E-state index in [9.17, 15) is 31.1 Å². The van der Waals surface area contributed by atoms with Gasteiger partial charge in [0.2, 0.25) is 0 Å². The predicted molar refractivity (Wildman–Crippen MR) is 123 cm³/mol. The summed E-state index contributed by atoms with van der Waals surface area (Å²) < 4.78 is 87.6. The van der Waals surface area contributed by atoms with Crippen molar-refractivity contribution in [1.29, 1.82) is 0 Å². The van der Waals surface area contributed by atoms with Gasteiger partial charge >= 0.3 is 6.18 Å². The molecule has 1 aromatic carbocycles. The fourth-order valence-corrected chi connectivity index (χ4v) is 4.77. The van der Waals surface area contributed by atoms with Crippen LogP contribution in [0.4, 0.5) is 32.0 Å². The number of benzene rings is 1. The molecule has 1 N–H and O–H groups in total. The molecule has 3 heterocycles. The van der Waals surface area contributed by atoms with Gasteiger partial charge in [0.15, 0.2) is 17.3 Å². The fraction of sp³-hybridized carbons (Fsp3) is 0.391. The molecular formula is C23H21F6N5O2S. The Bertz CT molecular complexity index is 1250. The predicted octanol–water partition coefficient (Wildman–Crippen LogP) is 4.96. The molecule has 4 rings (SSSR count). The van der Waals surface area contributed by atoms with Crippen LogP contribution in [-0.2, 0) is 12.6 Å². The molecule has 0 radical (unpaired) electrons. The van der Waals surface area contributed by atoms with E-state index in [1.807, 2.05) is 0 Å². The lowest BCUT2D eigenvalue weighted by Crippen LogP contribution is -2.29. The summed E-state index contributed by atoms with van der Waals surface area (Å²) in [6.07, 6.45) is -5.45. The minimum absolute atomic E-state index is 0.0357. The number of halogens is 6. The van der Waals surface area contributed by atoms with Gasteiger partial charge in [-0.2, -0.15) is 17.5 Å². The number of anilines is 1. The molecule has 1 atom stereocenters. The van der Waals surface area contributed by atoms with Crippen molar-refractivity contribution in [3.63, 3.8) is 0 Å². The highest BCUT2D eigenvalue weighted by molar-refractivity contribution is 7.06. The average molecular weight is 546 g/mol. The van der Waals surface area contributed by atoms with Crippen molar-refractivity contribution in [3.8, 4) is 5.75 Å². The Morgan fingerprint density at radius 3 is 2.73 bits per heavy atom. The van der Waals surface area contributed by atoms with Crippen molar-refractivity contribution in [2.75, 3.05) is 25.0 Å². The van der Waals surface area contributed by atoms with E-state index >= 15 is 0 Å². The molecule has 1 saturated heterocycles. The Balaban J connectivity index is 1.44. The summed E-state index contributed by atoms with van der Waals surface area (Å²) >= 11 is 1.01. The molecule has 2 aromatic heterocycles. The number of alkyl halides is 5. The summed E-state index contributed by atoms with van der Waals surface area (Å²) in [5.74, 6) is -1.34. The van der Waals surface area contributed by atoms with Gasteiger partial charge in [-0.15, -0.1) is 0 Å². The lowest BCUT2D eigenvalue weighted by molar-refractivity contribution is -0.141. The Morgan fingerprint density at radius 2 is 2.05 bits per heavy atom. The molecule has 0 aliphatic carbocycles. The first kappa shape index (κ1) is 26.8. The van der Waals surface area contributed by atoms with E-state index in [1.165, 1.54) is 17.0 Å². The van der Waals surface area contributed by atoms with E-state index in [4.69, 9.17) is 4.74 Å². The van der Waals surface area contributed by atoms with Gasteiger partial charge in [-0.1, -0.05) is 0 Å². The second-order valence-electron chi connectivity index (χ2n) is 8.41. The summed E-state index contributed by atoms with van der Waals surface area (Å²) in [7, 11) is 0. The highest BCUT2D eigenvalue weighted by atomic mass is 32.1. The lowest BCUT2D eigenvalue weighted by Gasteiger charge is -2.17. The molecule has 3 aromatic rings. The molecule has 0 saturated carbocycles. The number of ether oxygens (including phenoxy) is 1. The van der Waals surface area contributed by atoms with Gasteiger partial charge < -0.3 is 10.1 Å². The van der Waals surface area contributed by atoms with E-state index in [-0.39, 0.29) is 42.2 Å². The molecule has 1 aliphatic heterocycles. The number of nitrogens with zero attached hydrogens (tertiary/aromatic N) is 4. The Kier molecular flexibility index (Phi) is 7.97. The van der Waals surface area contributed by atoms with Gasteiger partial charge in [0.05, 0.1) is 29.7 Å². The van der Waals surface area contributed by atoms with Crippen LogP contribution in [0.15, 0.2) is 30.6 Å². The highest BCUT2D eigenvalue weighted by Crippen LogP contribution is 2.29. The van der Waals surface area contributed by atoms with Crippen LogP contribution in [0.3, 0.4) is 0 Å². The number of carbonyl (C=O) groups excluding carboxylic acids is 1. The maximum Gasteiger partial charge on any atom is 0.434 e. The van der Waals surface area contributed by atoms with Crippen molar-refractivity contribution in [2.24, 2.45) is 0 Å². The van der Waals surface area contributed by atoms with E-state index in [0.717, 1.165) is 23.8 Å². The van der Waals surface area contributed by atoms with Crippen LogP contribution in [0.25, 0.3) is 0 Å². The first-order valence-electron chi connectivity index (χ1n) is 11.1. The first-order valence-corrected chi connectivity index (χ1v) is 11.9. The molecule has 37 heavy (non-hydrogen) atoms. The molecule has 0 bridgehead atoms. The third-order valence-corrected chi connectivity index (χ3v) is 6.54. The molecular weight excluding hydrogens is 524 g/mol. The smallest absolute Gasteiger partial charge is 0.434 e. The minimum atomic E-state index is -4.61. The molecule has 14 heteroatoms. The number of aromatic nitrogens is 3. The van der Waals surface area contributed by atoms with Crippen LogP contribution in [0, 0.1) is 12.7 Å². The van der Waals surface area contributed by atoms with Crippen LogP contribution in [0.5, 0.6) is 5.75 Å². The van der Waals surface area contributed by atoms with Crippen LogP contribution < -0.4 is 10.1 Å². The van der Waals surface area contributed by atoms with Gasteiger partial charge in [0.1, 0.15) is 6.10 Å². The van der Waals surface area contributed by atoms with Gasteiger partial charge in [0.25, 0.3) is 12.3 Å². The third kappa shape index (κ3) is 6.74. The van der Waals surface area contributed by atoms with Crippen molar-refractivity contribution in [3.05, 3.63) is 63.9 Å². The molecule has 198 valence electrons. The number of carbonyl (C=O) groups is 1. The summed E-state index contributed by atoms with van der Waals surface area (Å²) in [5.41, 5.74) is -0.0448. The standard InChI is InChI=1S/C23H21F6N5O2S/c1-12-21(18(37-33-12)7-14-8-31-19(9-30-14)23(27,28)29)22(35)32-13-2-3-16(24)17(6-13)36-15-4-5-34(10-15)11-20(25)26/h2-3,6,8-9,15,20H,4-5,7,10-11H2,1H3,(H,32,35)/t15-/m0/s1. The van der Waals surface area contributed by atoms with Crippen molar-refractivity contribution >= 4 is 23.1 Å². The summed E-state index contributed by atoms with van der Waals surface area (Å²) in [4.78, 5) is 22.2. The largest absolute Gasteiger partial charge is 0.486 e. The van der Waals surface area contributed by atoms with Crippen molar-refractivity contribution in [2.45, 2.75) is 38.5 Å². The Labute approximate surface area is 211 Å². The number of rotatable bonds is 8. The molecule has 0 spiro atoms. The second-order valence-corrected chi connectivity index (χ2v) is 9.27. The fourth-order valence-electron chi connectivity index (χ4n) is 3.88. The molecule has 7 nitrogen and oxygen atoms in total. The zero-order valence-corrected chi connectivity index (χ0v) is 20.2. The number of likely N-dealkylation sites (tertiary alicyclic amines) is 1. The van der Waals surface area contributed by atoms with Crippen LogP contribution in [-0.4, -0.2) is 57.3 Å². The van der Waals surface area contributed by atoms with E-state index in [2.05, 4.69) is 19.7 Å². The highest BCUT2D eigenvalue weighted by Gasteiger charge is 2.33. The van der Waals surface area contributed by atoms with E-state index in [1.54, 1.807) is 6.92 Å². The summed E-state index contributed by atoms with van der Waals surface area (Å²) in [5, 5.41) is 2.65. The topological polar surface area (TPSA) is 80.2 Å². The zero-order valence-electron chi connectivity index (χ0n) is 19.4. The normalized spacial score (nSPS) is 16.4. The summed E-state index contributed by atoms with van der Waals surface area (Å²) in [6.45, 7) is 1.87. The number of nitrogens with one attached hydrogen (secondary N) is 1. The molecule has 1 amide bonds. The lowest BCUT2D eigenvalue weighted by atomic mass is 10.1. The Morgan fingerprint density at radius 1 is 1.27 bits per heavy atom. The minimum Gasteiger partial charge on any atom is -0.486 e. The number of hydrogen-bond acceptors (Lipinski definition) is 7. The van der Waals surface area contributed by atoms with Crippen molar-refractivity contribution < 1.29 is 35.9 Å². The second kappa shape index (κ2) is 11.0. The van der Waals surface area contributed by atoms with E-state index in [0.29, 0.717) is 29.7 Å². The van der Waals surface area contributed by atoms with Crippen LogP contribution >= 0.6 is 11.5 Å². The monoisotopic (exact) mass is 545 g/mol. The zero-order chi connectivity index (χ0) is 26.7. The molecule has 1 aliphatic rings. The number of hydrogen-bond donors (Lipinski definition) is 1. The Hall–Kier alpha value is -3.26. The van der Waals surface area contributed by atoms with Crippen LogP contribution in [0.1, 0.15) is 38.7 Å². The maximum atomic E-state index is 14.4. The maximum absolute atomic E-state index is 14.4. The third-order valence-electron chi connectivity index (χ3n) is 5.61. The summed E-state index contributed by atoms with van der Waals surface area (Å²) in [6, 6.07) is 3.77. The van der Waals surface area contributed by atoms with Gasteiger partial charge in [-0.25, -0.2) is 18.2 Å². The average Bonchev–Trinajstić information content (AvgIpc) is 3.41. The number of amides is 1. The van der Waals surface area contributed by atoms with Gasteiger partial charge in [0, 0.05) is 42.3 Å².